The van der Waals surface area contributed by atoms with Crippen molar-refractivity contribution in [3.8, 4) is 6.07 Å². The first-order chi connectivity index (χ1) is 7.95. The summed E-state index contributed by atoms with van der Waals surface area (Å²) in [7, 11) is 1.90. The summed E-state index contributed by atoms with van der Waals surface area (Å²) >= 11 is 6.16. The maximum Gasteiger partial charge on any atom is 0.0762 e. The smallest absolute Gasteiger partial charge is 0.0762 e. The molecule has 0 spiro atoms. The van der Waals surface area contributed by atoms with Gasteiger partial charge in [-0.25, -0.2) is 0 Å². The minimum absolute atomic E-state index is 0.0486. The molecule has 1 N–H and O–H groups in total. The lowest BCUT2D eigenvalue weighted by Gasteiger charge is -2.22. The van der Waals surface area contributed by atoms with Crippen LogP contribution in [0.4, 0.5) is 5.69 Å². The molecular weight excluding hydrogens is 236 g/mol. The van der Waals surface area contributed by atoms with Gasteiger partial charge < -0.3 is 10.0 Å². The number of anilines is 1. The third kappa shape index (κ3) is 3.62. The Morgan fingerprint density at radius 1 is 1.47 bits per heavy atom. The zero-order chi connectivity index (χ0) is 13.0. The van der Waals surface area contributed by atoms with E-state index < -0.39 is 6.10 Å². The van der Waals surface area contributed by atoms with E-state index in [9.17, 15) is 5.11 Å². The van der Waals surface area contributed by atoms with E-state index in [4.69, 9.17) is 16.9 Å². The van der Waals surface area contributed by atoms with Crippen molar-refractivity contribution >= 4 is 17.3 Å². The average Bonchev–Trinajstić information content (AvgIpc) is 2.28. The van der Waals surface area contributed by atoms with Crippen molar-refractivity contribution in [3.05, 3.63) is 28.8 Å². The summed E-state index contributed by atoms with van der Waals surface area (Å²) < 4.78 is 0. The molecule has 4 heteroatoms. The van der Waals surface area contributed by atoms with Crippen LogP contribution in [0.15, 0.2) is 18.2 Å². The minimum atomic E-state index is -0.523. The van der Waals surface area contributed by atoms with Crippen molar-refractivity contribution < 1.29 is 5.11 Å². The highest BCUT2D eigenvalue weighted by molar-refractivity contribution is 6.33. The lowest BCUT2D eigenvalue weighted by molar-refractivity contribution is 0.199. The average molecular weight is 253 g/mol. The molecule has 1 aromatic carbocycles. The van der Waals surface area contributed by atoms with Gasteiger partial charge >= 0.3 is 0 Å². The molecule has 1 aromatic rings. The normalized spacial score (nSPS) is 13.9. The summed E-state index contributed by atoms with van der Waals surface area (Å²) in [6, 6.07) is 7.67. The van der Waals surface area contributed by atoms with Crippen molar-refractivity contribution in [3.63, 3.8) is 0 Å². The van der Waals surface area contributed by atoms with Crippen molar-refractivity contribution in [2.24, 2.45) is 5.92 Å². The standard InChI is InChI=1S/C13H17ClN2O/c1-9(7-15)8-16(3)13-5-4-11(10(2)17)6-12(13)14/h4-6,9-10,17H,8H2,1-3H3/t9?,10-/m1/s1. The number of hydrogen-bond donors (Lipinski definition) is 1. The first kappa shape index (κ1) is 13.8. The first-order valence-corrected chi connectivity index (χ1v) is 5.91. The van der Waals surface area contributed by atoms with Gasteiger partial charge in [-0.05, 0) is 31.5 Å². The highest BCUT2D eigenvalue weighted by atomic mass is 35.5. The number of halogens is 1. The quantitative estimate of drug-likeness (QED) is 0.896. The Morgan fingerprint density at radius 2 is 2.12 bits per heavy atom. The molecular formula is C13H17ClN2O. The van der Waals surface area contributed by atoms with E-state index in [0.29, 0.717) is 11.6 Å². The molecule has 2 atom stereocenters. The molecule has 1 unspecified atom stereocenters. The predicted octanol–water partition coefficient (Wildman–Crippen LogP) is 2.99. The summed E-state index contributed by atoms with van der Waals surface area (Å²) in [5.41, 5.74) is 1.67. The fraction of sp³-hybridized carbons (Fsp3) is 0.462. The van der Waals surface area contributed by atoms with Gasteiger partial charge in [-0.2, -0.15) is 5.26 Å². The number of benzene rings is 1. The second-order valence-electron chi connectivity index (χ2n) is 4.30. The van der Waals surface area contributed by atoms with Gasteiger partial charge in [-0.1, -0.05) is 17.7 Å². The van der Waals surface area contributed by atoms with Crippen LogP contribution in [-0.2, 0) is 0 Å². The molecule has 0 radical (unpaired) electrons. The SMILES string of the molecule is CC(C#N)CN(C)c1ccc([C@@H](C)O)cc1Cl. The van der Waals surface area contributed by atoms with Gasteiger partial charge in [-0.15, -0.1) is 0 Å². The number of nitrogens with zero attached hydrogens (tertiary/aromatic N) is 2. The van der Waals surface area contributed by atoms with Crippen LogP contribution in [0.5, 0.6) is 0 Å². The molecule has 0 amide bonds. The van der Waals surface area contributed by atoms with Gasteiger partial charge in [0.25, 0.3) is 0 Å². The Kier molecular flexibility index (Phi) is 4.80. The van der Waals surface area contributed by atoms with E-state index in [0.717, 1.165) is 11.3 Å². The van der Waals surface area contributed by atoms with E-state index in [1.165, 1.54) is 0 Å². The molecule has 0 saturated heterocycles. The fourth-order valence-electron chi connectivity index (χ4n) is 1.64. The van der Waals surface area contributed by atoms with Crippen molar-refractivity contribution in [1.29, 1.82) is 5.26 Å². The Labute approximate surface area is 107 Å². The summed E-state index contributed by atoms with van der Waals surface area (Å²) in [6.07, 6.45) is -0.523. The number of rotatable bonds is 4. The molecule has 0 aliphatic heterocycles. The Balaban J connectivity index is 2.89. The van der Waals surface area contributed by atoms with E-state index in [-0.39, 0.29) is 5.92 Å². The minimum Gasteiger partial charge on any atom is -0.389 e. The van der Waals surface area contributed by atoms with Gasteiger partial charge in [0.2, 0.25) is 0 Å². The van der Waals surface area contributed by atoms with Crippen LogP contribution >= 0.6 is 11.6 Å². The number of nitriles is 1. The van der Waals surface area contributed by atoms with E-state index in [1.54, 1.807) is 13.0 Å². The third-order valence-corrected chi connectivity index (χ3v) is 2.94. The molecule has 0 saturated carbocycles. The second-order valence-corrected chi connectivity index (χ2v) is 4.70. The van der Waals surface area contributed by atoms with E-state index in [1.807, 2.05) is 31.0 Å². The highest BCUT2D eigenvalue weighted by Crippen LogP contribution is 2.28. The molecule has 0 heterocycles. The molecule has 92 valence electrons. The molecule has 0 bridgehead atoms. The topological polar surface area (TPSA) is 47.3 Å². The Bertz CT molecular complexity index is 426. The molecule has 0 aromatic heterocycles. The second kappa shape index (κ2) is 5.90. The number of aliphatic hydroxyl groups excluding tert-OH is 1. The zero-order valence-corrected chi connectivity index (χ0v) is 11.1. The van der Waals surface area contributed by atoms with Crippen molar-refractivity contribution in [1.82, 2.24) is 0 Å². The van der Waals surface area contributed by atoms with Gasteiger partial charge in [-0.3, -0.25) is 0 Å². The molecule has 3 nitrogen and oxygen atoms in total. The number of aliphatic hydroxyl groups is 1. The van der Waals surface area contributed by atoms with Crippen LogP contribution < -0.4 is 4.90 Å². The van der Waals surface area contributed by atoms with Crippen LogP contribution in [0.25, 0.3) is 0 Å². The first-order valence-electron chi connectivity index (χ1n) is 5.54. The predicted molar refractivity (Wildman–Crippen MR) is 70.1 cm³/mol. The van der Waals surface area contributed by atoms with Crippen LogP contribution in [0, 0.1) is 17.2 Å². The molecule has 0 aliphatic rings. The summed E-state index contributed by atoms with van der Waals surface area (Å²) in [5.74, 6) is -0.0486. The monoisotopic (exact) mass is 252 g/mol. The largest absolute Gasteiger partial charge is 0.389 e. The molecule has 17 heavy (non-hydrogen) atoms. The van der Waals surface area contributed by atoms with E-state index in [2.05, 4.69) is 6.07 Å². The summed E-state index contributed by atoms with van der Waals surface area (Å²) in [4.78, 5) is 1.95. The van der Waals surface area contributed by atoms with Crippen LogP contribution in [-0.4, -0.2) is 18.7 Å². The van der Waals surface area contributed by atoms with Gasteiger partial charge in [0.1, 0.15) is 0 Å². The molecule has 1 rings (SSSR count). The number of hydrogen-bond acceptors (Lipinski definition) is 3. The third-order valence-electron chi connectivity index (χ3n) is 2.63. The Hall–Kier alpha value is -1.24. The zero-order valence-electron chi connectivity index (χ0n) is 10.3. The molecule has 0 fully saturated rings. The van der Waals surface area contributed by atoms with Crippen LogP contribution in [0.1, 0.15) is 25.5 Å². The van der Waals surface area contributed by atoms with Crippen molar-refractivity contribution in [2.75, 3.05) is 18.5 Å². The van der Waals surface area contributed by atoms with Crippen LogP contribution in [0.2, 0.25) is 5.02 Å². The maximum absolute atomic E-state index is 9.45. The van der Waals surface area contributed by atoms with Crippen LogP contribution in [0.3, 0.4) is 0 Å². The van der Waals surface area contributed by atoms with Gasteiger partial charge in [0, 0.05) is 13.6 Å². The van der Waals surface area contributed by atoms with Gasteiger partial charge in [0.05, 0.1) is 28.8 Å². The molecule has 0 aliphatic carbocycles. The fourth-order valence-corrected chi connectivity index (χ4v) is 1.98. The Morgan fingerprint density at radius 3 is 2.59 bits per heavy atom. The lowest BCUT2D eigenvalue weighted by atomic mass is 10.1. The van der Waals surface area contributed by atoms with Crippen molar-refractivity contribution in [2.45, 2.75) is 20.0 Å². The van der Waals surface area contributed by atoms with E-state index >= 15 is 0 Å². The summed E-state index contributed by atoms with van der Waals surface area (Å²) in [6.45, 7) is 4.20. The lowest BCUT2D eigenvalue weighted by Crippen LogP contribution is -2.23. The maximum atomic E-state index is 9.45. The van der Waals surface area contributed by atoms with Gasteiger partial charge in [0.15, 0.2) is 0 Å². The summed E-state index contributed by atoms with van der Waals surface area (Å²) in [5, 5.41) is 18.8. The highest BCUT2D eigenvalue weighted by Gasteiger charge is 2.11.